The van der Waals surface area contributed by atoms with Gasteiger partial charge in [0, 0.05) is 24.8 Å². The Morgan fingerprint density at radius 1 is 1.36 bits per heavy atom. The third kappa shape index (κ3) is 3.05. The van der Waals surface area contributed by atoms with E-state index in [1.54, 1.807) is 0 Å². The summed E-state index contributed by atoms with van der Waals surface area (Å²) in [4.78, 5) is 4.35. The van der Waals surface area contributed by atoms with E-state index in [1.807, 2.05) is 30.5 Å². The predicted octanol–water partition coefficient (Wildman–Crippen LogP) is 2.31. The van der Waals surface area contributed by atoms with Gasteiger partial charge >= 0.3 is 0 Å². The second kappa shape index (κ2) is 6.18. The molecule has 2 aromatic rings. The van der Waals surface area contributed by atoms with Gasteiger partial charge in [-0.05, 0) is 36.3 Å². The first-order chi connectivity index (χ1) is 10.6. The molecular formula is C17H23N3O2. The van der Waals surface area contributed by atoms with Crippen molar-refractivity contribution >= 4 is 0 Å². The van der Waals surface area contributed by atoms with Gasteiger partial charge < -0.3 is 14.9 Å². The van der Waals surface area contributed by atoms with Gasteiger partial charge in [-0.15, -0.1) is 0 Å². The number of rotatable bonds is 6. The summed E-state index contributed by atoms with van der Waals surface area (Å²) >= 11 is 0. The van der Waals surface area contributed by atoms with Crippen LogP contribution in [-0.4, -0.2) is 21.3 Å². The normalized spacial score (nSPS) is 23.2. The first-order valence-electron chi connectivity index (χ1n) is 7.78. The number of aliphatic hydroxyl groups is 1. The molecule has 0 amide bonds. The Labute approximate surface area is 130 Å². The molecule has 2 atom stereocenters. The monoisotopic (exact) mass is 301 g/mol. The van der Waals surface area contributed by atoms with Crippen molar-refractivity contribution in [3.8, 4) is 0 Å². The van der Waals surface area contributed by atoms with Gasteiger partial charge in [-0.1, -0.05) is 25.1 Å². The molecule has 0 aliphatic heterocycles. The van der Waals surface area contributed by atoms with Crippen molar-refractivity contribution in [2.45, 2.75) is 45.9 Å². The average molecular weight is 301 g/mol. The summed E-state index contributed by atoms with van der Waals surface area (Å²) in [5, 5.41) is 16.7. The lowest BCUT2D eigenvalue weighted by Crippen LogP contribution is -2.57. The maximum atomic E-state index is 9.03. The Balaban J connectivity index is 1.53. The topological polar surface area (TPSA) is 71.2 Å². The van der Waals surface area contributed by atoms with Crippen LogP contribution in [0, 0.1) is 11.3 Å². The van der Waals surface area contributed by atoms with Crippen LogP contribution in [0.1, 0.15) is 37.4 Å². The SMILES string of the molecule is CC1(C)[C@H](Cc2cc(CO)on2)C[C@@H]1NCc1ccccn1. The van der Waals surface area contributed by atoms with Crippen molar-refractivity contribution < 1.29 is 9.63 Å². The quantitative estimate of drug-likeness (QED) is 0.856. The van der Waals surface area contributed by atoms with Gasteiger partial charge in [0.15, 0.2) is 5.76 Å². The fourth-order valence-electron chi connectivity index (χ4n) is 3.22. The molecular weight excluding hydrogens is 278 g/mol. The van der Waals surface area contributed by atoms with E-state index in [1.165, 1.54) is 0 Å². The summed E-state index contributed by atoms with van der Waals surface area (Å²) in [6.07, 6.45) is 3.86. The smallest absolute Gasteiger partial charge is 0.162 e. The molecule has 2 aromatic heterocycles. The highest BCUT2D eigenvalue weighted by Crippen LogP contribution is 2.47. The lowest BCUT2D eigenvalue weighted by atomic mass is 9.57. The molecule has 3 rings (SSSR count). The number of nitrogens with zero attached hydrogens (tertiary/aromatic N) is 2. The summed E-state index contributed by atoms with van der Waals surface area (Å²) in [7, 11) is 0. The fraction of sp³-hybridized carbons (Fsp3) is 0.529. The van der Waals surface area contributed by atoms with Gasteiger partial charge in [0.05, 0.1) is 11.4 Å². The molecule has 1 aliphatic carbocycles. The zero-order valence-corrected chi connectivity index (χ0v) is 13.1. The fourth-order valence-corrected chi connectivity index (χ4v) is 3.22. The van der Waals surface area contributed by atoms with Crippen LogP contribution in [0.4, 0.5) is 0 Å². The predicted molar refractivity (Wildman–Crippen MR) is 82.9 cm³/mol. The third-order valence-electron chi connectivity index (χ3n) is 4.95. The van der Waals surface area contributed by atoms with Crippen molar-refractivity contribution in [3.05, 3.63) is 47.6 Å². The molecule has 0 bridgehead atoms. The lowest BCUT2D eigenvalue weighted by Gasteiger charge is -2.52. The second-order valence-electron chi connectivity index (χ2n) is 6.66. The van der Waals surface area contributed by atoms with Crippen molar-refractivity contribution in [1.82, 2.24) is 15.5 Å². The number of aliphatic hydroxyl groups excluding tert-OH is 1. The Morgan fingerprint density at radius 3 is 2.86 bits per heavy atom. The third-order valence-corrected chi connectivity index (χ3v) is 4.95. The highest BCUT2D eigenvalue weighted by Gasteiger charge is 2.47. The Bertz CT molecular complexity index is 609. The molecule has 0 spiro atoms. The number of aromatic nitrogens is 2. The summed E-state index contributed by atoms with van der Waals surface area (Å²) in [5.74, 6) is 1.11. The minimum absolute atomic E-state index is 0.0880. The molecule has 118 valence electrons. The van der Waals surface area contributed by atoms with Gasteiger partial charge in [0.1, 0.15) is 6.61 Å². The van der Waals surface area contributed by atoms with Crippen LogP contribution >= 0.6 is 0 Å². The van der Waals surface area contributed by atoms with Gasteiger partial charge in [0.25, 0.3) is 0 Å². The van der Waals surface area contributed by atoms with E-state index in [0.717, 1.165) is 30.8 Å². The summed E-state index contributed by atoms with van der Waals surface area (Å²) < 4.78 is 5.06. The number of nitrogens with one attached hydrogen (secondary N) is 1. The van der Waals surface area contributed by atoms with Crippen LogP contribution in [0.3, 0.4) is 0 Å². The zero-order valence-electron chi connectivity index (χ0n) is 13.1. The van der Waals surface area contributed by atoms with Crippen LogP contribution in [0.5, 0.6) is 0 Å². The van der Waals surface area contributed by atoms with Gasteiger partial charge in [-0.25, -0.2) is 0 Å². The molecule has 0 radical (unpaired) electrons. The van der Waals surface area contributed by atoms with Crippen LogP contribution in [0.15, 0.2) is 35.0 Å². The molecule has 0 saturated heterocycles. The molecule has 1 saturated carbocycles. The maximum Gasteiger partial charge on any atom is 0.162 e. The van der Waals surface area contributed by atoms with Crippen LogP contribution < -0.4 is 5.32 Å². The van der Waals surface area contributed by atoms with Crippen molar-refractivity contribution in [1.29, 1.82) is 0 Å². The van der Waals surface area contributed by atoms with E-state index >= 15 is 0 Å². The molecule has 0 aromatic carbocycles. The molecule has 2 heterocycles. The van der Waals surface area contributed by atoms with E-state index in [9.17, 15) is 0 Å². The first-order valence-corrected chi connectivity index (χ1v) is 7.78. The van der Waals surface area contributed by atoms with Crippen LogP contribution in [0.25, 0.3) is 0 Å². The first kappa shape index (κ1) is 15.2. The van der Waals surface area contributed by atoms with E-state index in [2.05, 4.69) is 29.3 Å². The number of hydrogen-bond acceptors (Lipinski definition) is 5. The number of pyridine rings is 1. The molecule has 0 unspecified atom stereocenters. The van der Waals surface area contributed by atoms with Crippen LogP contribution in [0.2, 0.25) is 0 Å². The van der Waals surface area contributed by atoms with Crippen molar-refractivity contribution in [2.75, 3.05) is 0 Å². The van der Waals surface area contributed by atoms with E-state index < -0.39 is 0 Å². The zero-order chi connectivity index (χ0) is 15.6. The van der Waals surface area contributed by atoms with Crippen LogP contribution in [-0.2, 0) is 19.6 Å². The van der Waals surface area contributed by atoms with E-state index in [4.69, 9.17) is 9.63 Å². The molecule has 5 nitrogen and oxygen atoms in total. The summed E-state index contributed by atoms with van der Waals surface area (Å²) in [6.45, 7) is 5.31. The Hall–Kier alpha value is -1.72. The molecule has 22 heavy (non-hydrogen) atoms. The average Bonchev–Trinajstić information content (AvgIpc) is 2.99. The maximum absolute atomic E-state index is 9.03. The van der Waals surface area contributed by atoms with E-state index in [-0.39, 0.29) is 12.0 Å². The largest absolute Gasteiger partial charge is 0.388 e. The minimum atomic E-state index is -0.0880. The minimum Gasteiger partial charge on any atom is -0.388 e. The Kier molecular flexibility index (Phi) is 4.27. The van der Waals surface area contributed by atoms with Gasteiger partial charge in [-0.3, -0.25) is 4.98 Å². The highest BCUT2D eigenvalue weighted by molar-refractivity contribution is 5.11. The molecule has 2 N–H and O–H groups in total. The molecule has 1 aliphatic rings. The van der Waals surface area contributed by atoms with Crippen molar-refractivity contribution in [3.63, 3.8) is 0 Å². The molecule has 1 fully saturated rings. The van der Waals surface area contributed by atoms with E-state index in [0.29, 0.717) is 17.7 Å². The lowest BCUT2D eigenvalue weighted by molar-refractivity contribution is 0.0123. The summed E-state index contributed by atoms with van der Waals surface area (Å²) in [6, 6.07) is 8.34. The number of hydrogen-bond donors (Lipinski definition) is 2. The summed E-state index contributed by atoms with van der Waals surface area (Å²) in [5.41, 5.74) is 2.23. The standard InChI is InChI=1S/C17H23N3O2/c1-17(2)12(7-14-9-15(11-21)22-20-14)8-16(17)19-10-13-5-3-4-6-18-13/h3-6,9,12,16,19,21H,7-8,10-11H2,1-2H3/t12-,16+/m1/s1. The van der Waals surface area contributed by atoms with Crippen molar-refractivity contribution in [2.24, 2.45) is 11.3 Å². The second-order valence-corrected chi connectivity index (χ2v) is 6.66. The highest BCUT2D eigenvalue weighted by atomic mass is 16.5. The Morgan fingerprint density at radius 2 is 2.23 bits per heavy atom. The molecule has 5 heteroatoms. The van der Waals surface area contributed by atoms with Gasteiger partial charge in [-0.2, -0.15) is 0 Å². The van der Waals surface area contributed by atoms with Gasteiger partial charge in [0.2, 0.25) is 0 Å².